The highest BCUT2D eigenvalue weighted by Gasteiger charge is 2.31. The number of esters is 1. The summed E-state index contributed by atoms with van der Waals surface area (Å²) in [5.41, 5.74) is 0. The summed E-state index contributed by atoms with van der Waals surface area (Å²) in [6.07, 6.45) is 2.03. The van der Waals surface area contributed by atoms with Gasteiger partial charge in [-0.05, 0) is 6.07 Å². The second-order valence-electron chi connectivity index (χ2n) is 3.77. The fourth-order valence-electron chi connectivity index (χ4n) is 1.72. The molecule has 5 nitrogen and oxygen atoms in total. The third-order valence-corrected chi connectivity index (χ3v) is 2.79. The SMILES string of the molecule is COC(=O)C1CC(Oc2ccc(Cl)cn2)CN1.Cl. The van der Waals surface area contributed by atoms with Gasteiger partial charge in [0.1, 0.15) is 12.1 Å². The van der Waals surface area contributed by atoms with E-state index in [-0.39, 0.29) is 30.5 Å². The zero-order chi connectivity index (χ0) is 12.3. The summed E-state index contributed by atoms with van der Waals surface area (Å²) < 4.78 is 10.3. The van der Waals surface area contributed by atoms with E-state index in [1.807, 2.05) is 0 Å². The fourth-order valence-corrected chi connectivity index (χ4v) is 1.83. The van der Waals surface area contributed by atoms with E-state index < -0.39 is 0 Å². The quantitative estimate of drug-likeness (QED) is 0.855. The van der Waals surface area contributed by atoms with E-state index in [1.54, 1.807) is 12.1 Å². The van der Waals surface area contributed by atoms with Crippen molar-refractivity contribution in [3.05, 3.63) is 23.4 Å². The Kier molecular flexibility index (Phi) is 5.65. The van der Waals surface area contributed by atoms with Crippen molar-refractivity contribution in [2.24, 2.45) is 0 Å². The third-order valence-electron chi connectivity index (χ3n) is 2.56. The van der Waals surface area contributed by atoms with Crippen molar-refractivity contribution in [1.29, 1.82) is 0 Å². The Balaban J connectivity index is 0.00000162. The summed E-state index contributed by atoms with van der Waals surface area (Å²) in [5.74, 6) is 0.242. The molecule has 0 aromatic carbocycles. The zero-order valence-electron chi connectivity index (χ0n) is 9.76. The lowest BCUT2D eigenvalue weighted by molar-refractivity contribution is -0.142. The van der Waals surface area contributed by atoms with Crippen LogP contribution in [0.4, 0.5) is 0 Å². The summed E-state index contributed by atoms with van der Waals surface area (Å²) in [7, 11) is 1.37. The monoisotopic (exact) mass is 292 g/mol. The highest BCUT2D eigenvalue weighted by Crippen LogP contribution is 2.17. The van der Waals surface area contributed by atoms with Crippen LogP contribution < -0.4 is 10.1 Å². The van der Waals surface area contributed by atoms with Crippen LogP contribution in [0.25, 0.3) is 0 Å². The minimum atomic E-state index is -0.294. The maximum absolute atomic E-state index is 11.3. The maximum Gasteiger partial charge on any atom is 0.323 e. The Morgan fingerprint density at radius 3 is 2.94 bits per heavy atom. The molecule has 1 aliphatic heterocycles. The molecule has 2 atom stereocenters. The molecule has 0 saturated carbocycles. The molecule has 1 fully saturated rings. The van der Waals surface area contributed by atoms with Crippen molar-refractivity contribution in [3.63, 3.8) is 0 Å². The lowest BCUT2D eigenvalue weighted by Gasteiger charge is -2.11. The summed E-state index contributed by atoms with van der Waals surface area (Å²) in [6, 6.07) is 3.12. The Morgan fingerprint density at radius 1 is 1.56 bits per heavy atom. The normalized spacial score (nSPS) is 22.1. The molecule has 100 valence electrons. The van der Waals surface area contributed by atoms with Crippen LogP contribution >= 0.6 is 24.0 Å². The summed E-state index contributed by atoms with van der Waals surface area (Å²) in [6.45, 7) is 0.601. The predicted octanol–water partition coefficient (Wildman–Crippen LogP) is 1.44. The molecule has 0 radical (unpaired) electrons. The molecule has 0 aliphatic carbocycles. The van der Waals surface area contributed by atoms with E-state index in [4.69, 9.17) is 16.3 Å². The summed E-state index contributed by atoms with van der Waals surface area (Å²) in [4.78, 5) is 15.3. The third kappa shape index (κ3) is 3.73. The number of hydrogen-bond donors (Lipinski definition) is 1. The topological polar surface area (TPSA) is 60.5 Å². The highest BCUT2D eigenvalue weighted by atomic mass is 35.5. The Bertz CT molecular complexity index is 400. The van der Waals surface area contributed by atoms with Crippen LogP contribution in [0.2, 0.25) is 5.02 Å². The van der Waals surface area contributed by atoms with Gasteiger partial charge in [-0.15, -0.1) is 12.4 Å². The van der Waals surface area contributed by atoms with Crippen LogP contribution in [0.15, 0.2) is 18.3 Å². The van der Waals surface area contributed by atoms with E-state index in [2.05, 4.69) is 15.0 Å². The molecule has 0 amide bonds. The number of nitrogens with zero attached hydrogens (tertiary/aromatic N) is 1. The van der Waals surface area contributed by atoms with E-state index >= 15 is 0 Å². The molecule has 0 spiro atoms. The first-order valence-corrected chi connectivity index (χ1v) is 5.66. The first-order valence-electron chi connectivity index (χ1n) is 5.28. The number of methoxy groups -OCH3 is 1. The first-order chi connectivity index (χ1) is 8.19. The highest BCUT2D eigenvalue weighted by molar-refractivity contribution is 6.30. The minimum Gasteiger partial charge on any atom is -0.473 e. The molecule has 2 rings (SSSR count). The van der Waals surface area contributed by atoms with Crippen molar-refractivity contribution in [3.8, 4) is 5.88 Å². The Morgan fingerprint density at radius 2 is 2.33 bits per heavy atom. The number of carbonyl (C=O) groups is 1. The van der Waals surface area contributed by atoms with Gasteiger partial charge >= 0.3 is 5.97 Å². The van der Waals surface area contributed by atoms with Crippen LogP contribution in [-0.4, -0.2) is 36.8 Å². The molecular weight excluding hydrogens is 279 g/mol. The smallest absolute Gasteiger partial charge is 0.323 e. The van der Waals surface area contributed by atoms with Gasteiger partial charge in [-0.3, -0.25) is 4.79 Å². The molecule has 1 N–H and O–H groups in total. The zero-order valence-corrected chi connectivity index (χ0v) is 11.3. The Hall–Kier alpha value is -1.04. The van der Waals surface area contributed by atoms with Gasteiger partial charge in [-0.1, -0.05) is 11.6 Å². The van der Waals surface area contributed by atoms with Gasteiger partial charge in [0.05, 0.1) is 12.1 Å². The van der Waals surface area contributed by atoms with Crippen LogP contribution in [0.1, 0.15) is 6.42 Å². The molecule has 1 aliphatic rings. The van der Waals surface area contributed by atoms with Crippen molar-refractivity contribution in [2.45, 2.75) is 18.6 Å². The molecule has 2 heterocycles. The molecule has 7 heteroatoms. The predicted molar refractivity (Wildman–Crippen MR) is 69.3 cm³/mol. The van der Waals surface area contributed by atoms with Gasteiger partial charge in [0.2, 0.25) is 5.88 Å². The second kappa shape index (κ2) is 6.78. The van der Waals surface area contributed by atoms with E-state index in [9.17, 15) is 4.79 Å². The number of pyridine rings is 1. The number of aromatic nitrogens is 1. The molecule has 1 saturated heterocycles. The molecule has 2 unspecified atom stereocenters. The standard InChI is InChI=1S/C11H13ClN2O3.ClH/c1-16-11(15)9-4-8(6-13-9)17-10-3-2-7(12)5-14-10;/h2-3,5,8-9,13H,4,6H2,1H3;1H. The van der Waals surface area contributed by atoms with Crippen LogP contribution in [0.3, 0.4) is 0 Å². The average molecular weight is 293 g/mol. The van der Waals surface area contributed by atoms with Crippen molar-refractivity contribution in [2.75, 3.05) is 13.7 Å². The minimum absolute atomic E-state index is 0. The number of rotatable bonds is 3. The van der Waals surface area contributed by atoms with Crippen LogP contribution in [0, 0.1) is 0 Å². The van der Waals surface area contributed by atoms with Crippen molar-refractivity contribution >= 4 is 30.0 Å². The van der Waals surface area contributed by atoms with Crippen LogP contribution in [0.5, 0.6) is 5.88 Å². The van der Waals surface area contributed by atoms with Gasteiger partial charge in [-0.25, -0.2) is 4.98 Å². The Labute approximate surface area is 116 Å². The fraction of sp³-hybridized carbons (Fsp3) is 0.455. The van der Waals surface area contributed by atoms with Gasteiger partial charge in [0, 0.05) is 25.2 Å². The van der Waals surface area contributed by atoms with E-state index in [0.717, 1.165) is 0 Å². The number of nitrogens with one attached hydrogen (secondary N) is 1. The average Bonchev–Trinajstić information content (AvgIpc) is 2.80. The van der Waals surface area contributed by atoms with Crippen LogP contribution in [-0.2, 0) is 9.53 Å². The molecule has 1 aromatic rings. The molecular formula is C11H14Cl2N2O3. The summed E-state index contributed by atoms with van der Waals surface area (Å²) >= 11 is 5.72. The number of carbonyl (C=O) groups excluding carboxylic acids is 1. The largest absolute Gasteiger partial charge is 0.473 e. The molecule has 1 aromatic heterocycles. The lowest BCUT2D eigenvalue weighted by Crippen LogP contribution is -2.31. The van der Waals surface area contributed by atoms with E-state index in [1.165, 1.54) is 13.3 Å². The first kappa shape index (κ1) is 15.0. The number of ether oxygens (including phenoxy) is 2. The van der Waals surface area contributed by atoms with E-state index in [0.29, 0.717) is 23.9 Å². The lowest BCUT2D eigenvalue weighted by atomic mass is 10.2. The molecule has 0 bridgehead atoms. The van der Waals surface area contributed by atoms with Gasteiger partial charge in [-0.2, -0.15) is 0 Å². The number of halogens is 2. The van der Waals surface area contributed by atoms with Gasteiger partial charge in [0.25, 0.3) is 0 Å². The second-order valence-corrected chi connectivity index (χ2v) is 4.21. The summed E-state index contributed by atoms with van der Waals surface area (Å²) in [5, 5.41) is 3.60. The van der Waals surface area contributed by atoms with Gasteiger partial charge < -0.3 is 14.8 Å². The molecule has 18 heavy (non-hydrogen) atoms. The maximum atomic E-state index is 11.3. The van der Waals surface area contributed by atoms with Gasteiger partial charge in [0.15, 0.2) is 0 Å². The van der Waals surface area contributed by atoms with Crippen molar-refractivity contribution < 1.29 is 14.3 Å². The number of hydrogen-bond acceptors (Lipinski definition) is 5. The van der Waals surface area contributed by atoms with Crippen molar-refractivity contribution in [1.82, 2.24) is 10.3 Å².